The monoisotopic (exact) mass is 500 g/mol. The van der Waals surface area contributed by atoms with Gasteiger partial charge in [-0.3, -0.25) is 14.5 Å². The molecule has 1 fully saturated rings. The number of methoxy groups -OCH3 is 1. The summed E-state index contributed by atoms with van der Waals surface area (Å²) in [7, 11) is 1.58. The number of fused-ring (bicyclic) bond motifs is 1. The average molecular weight is 501 g/mol. The van der Waals surface area contributed by atoms with E-state index in [0.717, 1.165) is 11.1 Å². The number of thiazole rings is 1. The van der Waals surface area contributed by atoms with Crippen molar-refractivity contribution in [2.24, 2.45) is 0 Å². The fourth-order valence-electron chi connectivity index (χ4n) is 4.21. The number of aromatic nitrogens is 1. The number of ketones is 1. The number of carbonyl (C=O) groups excluding carboxylic acids is 2. The predicted molar refractivity (Wildman–Crippen MR) is 140 cm³/mol. The Balaban J connectivity index is 1.69. The van der Waals surface area contributed by atoms with Gasteiger partial charge in [-0.1, -0.05) is 60.7 Å². The summed E-state index contributed by atoms with van der Waals surface area (Å²) < 4.78 is 11.9. The Labute approximate surface area is 212 Å². The van der Waals surface area contributed by atoms with Crippen molar-refractivity contribution in [2.75, 3.05) is 18.6 Å². The highest BCUT2D eigenvalue weighted by Gasteiger charge is 2.48. The van der Waals surface area contributed by atoms with Gasteiger partial charge in [-0.2, -0.15) is 0 Å². The van der Waals surface area contributed by atoms with E-state index >= 15 is 0 Å². The van der Waals surface area contributed by atoms with Gasteiger partial charge in [0.25, 0.3) is 5.78 Å². The zero-order chi connectivity index (χ0) is 25.2. The van der Waals surface area contributed by atoms with Crippen molar-refractivity contribution < 1.29 is 24.2 Å². The SMILES string of the molecule is CCCOc1cccc(C2/C(=C(\O)c3ccccc3)C(=O)C(=O)N2c2nc3ccc(OC)cc3s2)c1. The van der Waals surface area contributed by atoms with E-state index in [1.165, 1.54) is 16.2 Å². The molecule has 1 unspecified atom stereocenters. The Hall–Kier alpha value is -4.17. The number of benzene rings is 3. The van der Waals surface area contributed by atoms with Crippen LogP contribution in [0, 0.1) is 0 Å². The van der Waals surface area contributed by atoms with Crippen LogP contribution >= 0.6 is 11.3 Å². The van der Waals surface area contributed by atoms with Crippen LogP contribution in [0.5, 0.6) is 11.5 Å². The van der Waals surface area contributed by atoms with Gasteiger partial charge >= 0.3 is 5.91 Å². The third-order valence-electron chi connectivity index (χ3n) is 5.93. The van der Waals surface area contributed by atoms with Gasteiger partial charge in [-0.05, 0) is 42.3 Å². The van der Waals surface area contributed by atoms with Crippen LogP contribution in [0.25, 0.3) is 16.0 Å². The van der Waals surface area contributed by atoms with Gasteiger partial charge < -0.3 is 14.6 Å². The minimum absolute atomic E-state index is 0.00989. The van der Waals surface area contributed by atoms with Crippen LogP contribution in [0.2, 0.25) is 0 Å². The number of aliphatic hydroxyl groups is 1. The normalized spacial score (nSPS) is 17.1. The number of amides is 1. The van der Waals surface area contributed by atoms with Crippen LogP contribution < -0.4 is 14.4 Å². The molecule has 36 heavy (non-hydrogen) atoms. The molecule has 1 saturated heterocycles. The molecule has 182 valence electrons. The number of hydrogen-bond acceptors (Lipinski definition) is 7. The first-order valence-corrected chi connectivity index (χ1v) is 12.4. The molecule has 0 aliphatic carbocycles. The van der Waals surface area contributed by atoms with Crippen LogP contribution in [0.3, 0.4) is 0 Å². The summed E-state index contributed by atoms with van der Waals surface area (Å²) in [5.41, 5.74) is 1.78. The van der Waals surface area contributed by atoms with Gasteiger partial charge in [-0.15, -0.1) is 0 Å². The zero-order valence-corrected chi connectivity index (χ0v) is 20.6. The van der Waals surface area contributed by atoms with Crippen molar-refractivity contribution in [3.05, 3.63) is 89.5 Å². The Morgan fingerprint density at radius 2 is 1.83 bits per heavy atom. The Morgan fingerprint density at radius 3 is 2.58 bits per heavy atom. The second kappa shape index (κ2) is 9.83. The van der Waals surface area contributed by atoms with Crippen LogP contribution in [0.15, 0.2) is 78.4 Å². The van der Waals surface area contributed by atoms with E-state index in [-0.39, 0.29) is 11.3 Å². The summed E-state index contributed by atoms with van der Waals surface area (Å²) in [4.78, 5) is 32.8. The molecule has 1 atom stereocenters. The molecule has 4 aromatic rings. The highest BCUT2D eigenvalue weighted by molar-refractivity contribution is 7.22. The summed E-state index contributed by atoms with van der Waals surface area (Å²) in [5.74, 6) is -0.458. The average Bonchev–Trinajstić information content (AvgIpc) is 3.45. The summed E-state index contributed by atoms with van der Waals surface area (Å²) in [6.45, 7) is 2.55. The molecule has 1 aliphatic rings. The molecule has 0 saturated carbocycles. The number of Topliss-reactive ketones (excluding diaryl/α,β-unsaturated/α-hetero) is 1. The fourth-order valence-corrected chi connectivity index (χ4v) is 5.23. The molecule has 8 heteroatoms. The third-order valence-corrected chi connectivity index (χ3v) is 6.95. The smallest absolute Gasteiger partial charge is 0.301 e. The summed E-state index contributed by atoms with van der Waals surface area (Å²) in [5, 5.41) is 11.6. The Bertz CT molecular complexity index is 1480. The second-order valence-corrected chi connectivity index (χ2v) is 9.30. The molecule has 2 heterocycles. The van der Waals surface area contributed by atoms with Crippen LogP contribution in [0.1, 0.15) is 30.5 Å². The zero-order valence-electron chi connectivity index (χ0n) is 19.8. The standard InChI is InChI=1S/C28H24N2O5S/c1-3-14-35-20-11-7-10-18(15-20)24-23(25(31)17-8-5-4-6-9-17)26(32)27(33)30(24)28-29-21-13-12-19(34-2)16-22(21)36-28/h4-13,15-16,24,31H,3,14H2,1-2H3/b25-23+. The fraction of sp³-hybridized carbons (Fsp3) is 0.179. The maximum Gasteiger partial charge on any atom is 0.301 e. The molecule has 1 N–H and O–H groups in total. The summed E-state index contributed by atoms with van der Waals surface area (Å²) in [6.07, 6.45) is 0.839. The highest BCUT2D eigenvalue weighted by Crippen LogP contribution is 2.45. The summed E-state index contributed by atoms with van der Waals surface area (Å²) >= 11 is 1.28. The number of nitrogens with zero attached hydrogens (tertiary/aromatic N) is 2. The molecule has 0 spiro atoms. The lowest BCUT2D eigenvalue weighted by atomic mass is 9.95. The lowest BCUT2D eigenvalue weighted by molar-refractivity contribution is -0.132. The second-order valence-electron chi connectivity index (χ2n) is 8.29. The molecule has 3 aromatic carbocycles. The van der Waals surface area contributed by atoms with Crippen LogP contribution in [-0.4, -0.2) is 35.5 Å². The van der Waals surface area contributed by atoms with Gasteiger partial charge in [0.15, 0.2) is 5.13 Å². The maximum absolute atomic E-state index is 13.4. The topological polar surface area (TPSA) is 89.0 Å². The minimum atomic E-state index is -0.877. The van der Waals surface area contributed by atoms with E-state index in [0.29, 0.717) is 39.9 Å². The van der Waals surface area contributed by atoms with Crippen molar-refractivity contribution in [3.8, 4) is 11.5 Å². The molecule has 0 radical (unpaired) electrons. The van der Waals surface area contributed by atoms with Crippen molar-refractivity contribution in [1.29, 1.82) is 0 Å². The van der Waals surface area contributed by atoms with Crippen molar-refractivity contribution >= 4 is 44.1 Å². The van der Waals surface area contributed by atoms with Crippen LogP contribution in [-0.2, 0) is 9.59 Å². The Morgan fingerprint density at radius 1 is 1.03 bits per heavy atom. The van der Waals surface area contributed by atoms with Gasteiger partial charge in [-0.25, -0.2) is 4.98 Å². The number of aliphatic hydroxyl groups excluding tert-OH is 1. The number of hydrogen-bond donors (Lipinski definition) is 1. The molecule has 7 nitrogen and oxygen atoms in total. The molecule has 1 amide bonds. The predicted octanol–water partition coefficient (Wildman–Crippen LogP) is 5.72. The van der Waals surface area contributed by atoms with Gasteiger partial charge in [0.05, 0.1) is 35.5 Å². The first-order chi connectivity index (χ1) is 17.5. The third kappa shape index (κ3) is 4.20. The Kier molecular flexibility index (Phi) is 6.43. The van der Waals surface area contributed by atoms with Crippen molar-refractivity contribution in [1.82, 2.24) is 4.98 Å². The van der Waals surface area contributed by atoms with E-state index in [1.54, 1.807) is 43.5 Å². The maximum atomic E-state index is 13.4. The minimum Gasteiger partial charge on any atom is -0.507 e. The number of rotatable bonds is 7. The molecule has 1 aliphatic heterocycles. The summed E-state index contributed by atoms with van der Waals surface area (Å²) in [6, 6.07) is 20.6. The quantitative estimate of drug-likeness (QED) is 0.198. The molecule has 0 bridgehead atoms. The van der Waals surface area contributed by atoms with E-state index in [4.69, 9.17) is 9.47 Å². The van der Waals surface area contributed by atoms with Crippen molar-refractivity contribution in [3.63, 3.8) is 0 Å². The lowest BCUT2D eigenvalue weighted by Gasteiger charge is -2.23. The highest BCUT2D eigenvalue weighted by atomic mass is 32.1. The van der Waals surface area contributed by atoms with E-state index in [1.807, 2.05) is 43.3 Å². The number of anilines is 1. The first kappa shape index (κ1) is 23.6. The lowest BCUT2D eigenvalue weighted by Crippen LogP contribution is -2.29. The van der Waals surface area contributed by atoms with E-state index < -0.39 is 17.7 Å². The molecule has 1 aromatic heterocycles. The van der Waals surface area contributed by atoms with Gasteiger partial charge in [0.1, 0.15) is 17.3 Å². The van der Waals surface area contributed by atoms with E-state index in [9.17, 15) is 14.7 Å². The number of carbonyl (C=O) groups is 2. The van der Waals surface area contributed by atoms with Crippen LogP contribution in [0.4, 0.5) is 5.13 Å². The molecule has 5 rings (SSSR count). The van der Waals surface area contributed by atoms with Gasteiger partial charge in [0.2, 0.25) is 0 Å². The van der Waals surface area contributed by atoms with Crippen molar-refractivity contribution in [2.45, 2.75) is 19.4 Å². The molecular formula is C28H24N2O5S. The van der Waals surface area contributed by atoms with E-state index in [2.05, 4.69) is 4.98 Å². The largest absolute Gasteiger partial charge is 0.507 e. The molecular weight excluding hydrogens is 476 g/mol. The van der Waals surface area contributed by atoms with Gasteiger partial charge in [0, 0.05) is 5.56 Å². The number of ether oxygens (including phenoxy) is 2. The first-order valence-electron chi connectivity index (χ1n) is 11.6.